The second-order valence-electron chi connectivity index (χ2n) is 5.91. The molecule has 29 heavy (non-hydrogen) atoms. The minimum absolute atomic E-state index is 0.322. The molecule has 0 aliphatic carbocycles. The summed E-state index contributed by atoms with van der Waals surface area (Å²) in [6.45, 7) is 0. The van der Waals surface area contributed by atoms with Crippen molar-refractivity contribution in [2.24, 2.45) is 10.8 Å². The number of hydrogen-bond acceptors (Lipinski definition) is 6. The van der Waals surface area contributed by atoms with Gasteiger partial charge < -0.3 is 15.2 Å². The zero-order valence-electron chi connectivity index (χ0n) is 15.8. The monoisotopic (exact) mass is 393 g/mol. The van der Waals surface area contributed by atoms with Crippen LogP contribution in [-0.4, -0.2) is 42.4 Å². The van der Waals surface area contributed by atoms with Crippen molar-refractivity contribution < 1.29 is 19.1 Å². The highest BCUT2D eigenvalue weighted by molar-refractivity contribution is 5.98. The number of amides is 2. The average molecular weight is 393 g/mol. The van der Waals surface area contributed by atoms with Gasteiger partial charge in [0.2, 0.25) is 5.91 Å². The van der Waals surface area contributed by atoms with Crippen molar-refractivity contribution in [3.63, 3.8) is 0 Å². The Morgan fingerprint density at radius 2 is 1.76 bits per heavy atom. The molecule has 3 rings (SSSR count). The molecule has 0 saturated carbocycles. The number of ether oxygens (including phenoxy) is 2. The van der Waals surface area contributed by atoms with E-state index in [2.05, 4.69) is 20.7 Å². The summed E-state index contributed by atoms with van der Waals surface area (Å²) in [6, 6.07) is 11.4. The maximum atomic E-state index is 12.2. The van der Waals surface area contributed by atoms with Gasteiger partial charge in [0.1, 0.15) is 0 Å². The Balaban J connectivity index is 1.73. The Kier molecular flexibility index (Phi) is 5.88. The van der Waals surface area contributed by atoms with Crippen LogP contribution in [0.2, 0.25) is 0 Å². The van der Waals surface area contributed by atoms with Gasteiger partial charge >= 0.3 is 0 Å². The number of nitrogens with one attached hydrogen (secondary N) is 2. The lowest BCUT2D eigenvalue weighted by molar-refractivity contribution is 0.0952. The summed E-state index contributed by atoms with van der Waals surface area (Å²) >= 11 is 0. The number of hydrogen-bond donors (Lipinski definition) is 3. The summed E-state index contributed by atoms with van der Waals surface area (Å²) in [6.07, 6.45) is 3.06. The van der Waals surface area contributed by atoms with Crippen LogP contribution in [0.5, 0.6) is 11.5 Å². The van der Waals surface area contributed by atoms with E-state index in [0.29, 0.717) is 33.9 Å². The summed E-state index contributed by atoms with van der Waals surface area (Å²) in [7, 11) is 3.12. The molecule has 9 heteroatoms. The normalized spacial score (nSPS) is 10.7. The zero-order chi connectivity index (χ0) is 20.8. The highest BCUT2D eigenvalue weighted by Crippen LogP contribution is 2.32. The van der Waals surface area contributed by atoms with Gasteiger partial charge in [-0.1, -0.05) is 0 Å². The number of rotatable bonds is 7. The number of methoxy groups -OCH3 is 2. The van der Waals surface area contributed by atoms with E-state index >= 15 is 0 Å². The molecule has 0 aliphatic heterocycles. The molecule has 0 saturated heterocycles. The van der Waals surface area contributed by atoms with E-state index < -0.39 is 11.8 Å². The minimum atomic E-state index is -0.558. The van der Waals surface area contributed by atoms with Crippen LogP contribution < -0.4 is 20.6 Å². The smallest absolute Gasteiger partial charge is 0.271 e. The lowest BCUT2D eigenvalue weighted by Gasteiger charge is -2.09. The fraction of sp³-hybridized carbons (Fsp3) is 0.100. The van der Waals surface area contributed by atoms with Gasteiger partial charge in [0.15, 0.2) is 11.5 Å². The quantitative estimate of drug-likeness (QED) is 0.417. The average Bonchev–Trinajstić information content (AvgIpc) is 3.21. The zero-order valence-corrected chi connectivity index (χ0v) is 15.8. The highest BCUT2D eigenvalue weighted by Gasteiger charge is 2.11. The number of aromatic amines is 1. The van der Waals surface area contributed by atoms with Gasteiger partial charge in [-0.15, -0.1) is 0 Å². The van der Waals surface area contributed by atoms with Gasteiger partial charge in [-0.2, -0.15) is 10.2 Å². The number of carbonyl (C=O) groups excluding carboxylic acids is 2. The third kappa shape index (κ3) is 4.41. The van der Waals surface area contributed by atoms with Gasteiger partial charge in [-0.3, -0.25) is 14.7 Å². The van der Waals surface area contributed by atoms with E-state index in [-0.39, 0.29) is 0 Å². The first-order valence-corrected chi connectivity index (χ1v) is 8.52. The van der Waals surface area contributed by atoms with E-state index in [1.54, 1.807) is 26.5 Å². The molecule has 2 aromatic carbocycles. The second kappa shape index (κ2) is 8.70. The van der Waals surface area contributed by atoms with Crippen molar-refractivity contribution in [2.75, 3.05) is 14.2 Å². The van der Waals surface area contributed by atoms with E-state index in [1.807, 2.05) is 12.1 Å². The molecule has 148 valence electrons. The van der Waals surface area contributed by atoms with Crippen LogP contribution in [-0.2, 0) is 0 Å². The third-order valence-electron chi connectivity index (χ3n) is 4.14. The van der Waals surface area contributed by atoms with E-state index in [1.165, 1.54) is 30.5 Å². The molecule has 4 N–H and O–H groups in total. The van der Waals surface area contributed by atoms with Crippen molar-refractivity contribution in [3.05, 3.63) is 65.4 Å². The molecule has 0 atom stereocenters. The molecule has 0 spiro atoms. The molecule has 0 aliphatic rings. The van der Waals surface area contributed by atoms with Crippen LogP contribution in [0.15, 0.2) is 53.8 Å². The molecular formula is C20H19N5O4. The summed E-state index contributed by atoms with van der Waals surface area (Å²) in [5, 5.41) is 10.9. The molecule has 9 nitrogen and oxygen atoms in total. The Labute approximate surface area is 166 Å². The van der Waals surface area contributed by atoms with Crippen LogP contribution in [0, 0.1) is 0 Å². The molecular weight excluding hydrogens is 374 g/mol. The van der Waals surface area contributed by atoms with E-state index in [0.717, 1.165) is 5.56 Å². The Morgan fingerprint density at radius 3 is 2.41 bits per heavy atom. The van der Waals surface area contributed by atoms with Gasteiger partial charge in [-0.05, 0) is 42.5 Å². The molecule has 1 heterocycles. The number of nitrogens with zero attached hydrogens (tertiary/aromatic N) is 2. The second-order valence-corrected chi connectivity index (χ2v) is 5.91. The van der Waals surface area contributed by atoms with E-state index in [9.17, 15) is 9.59 Å². The standard InChI is InChI=1S/C20H19N5O4/c1-28-16-8-7-14(9-17(16)29-2)18-15(10-22-24-18)11-23-25-20(27)13-5-3-12(4-6-13)19(21)26/h3-11H,1-2H3,(H2,21,26)(H,22,24)(H,25,27)/b23-11-. The summed E-state index contributed by atoms with van der Waals surface area (Å²) in [4.78, 5) is 23.3. The largest absolute Gasteiger partial charge is 0.493 e. The molecule has 3 aromatic rings. The van der Waals surface area contributed by atoms with Crippen molar-refractivity contribution >= 4 is 18.0 Å². The third-order valence-corrected chi connectivity index (χ3v) is 4.14. The van der Waals surface area contributed by atoms with Crippen LogP contribution in [0.4, 0.5) is 0 Å². The predicted molar refractivity (Wildman–Crippen MR) is 107 cm³/mol. The van der Waals surface area contributed by atoms with Crippen LogP contribution in [0.1, 0.15) is 26.3 Å². The molecule has 0 unspecified atom stereocenters. The number of aromatic nitrogens is 2. The van der Waals surface area contributed by atoms with Crippen LogP contribution in [0.25, 0.3) is 11.3 Å². The van der Waals surface area contributed by atoms with Gasteiger partial charge in [0.05, 0.1) is 32.3 Å². The summed E-state index contributed by atoms with van der Waals surface area (Å²) in [5.41, 5.74) is 10.5. The number of primary amides is 1. The molecule has 1 aromatic heterocycles. The van der Waals surface area contributed by atoms with Crippen molar-refractivity contribution in [2.45, 2.75) is 0 Å². The maximum Gasteiger partial charge on any atom is 0.271 e. The minimum Gasteiger partial charge on any atom is -0.493 e. The first kappa shape index (κ1) is 19.6. The maximum absolute atomic E-state index is 12.2. The fourth-order valence-corrected chi connectivity index (χ4v) is 2.63. The Bertz CT molecular complexity index is 1060. The number of hydrazone groups is 1. The molecule has 2 amide bonds. The van der Waals surface area contributed by atoms with E-state index in [4.69, 9.17) is 15.2 Å². The predicted octanol–water partition coefficient (Wildman–Crippen LogP) is 1.96. The van der Waals surface area contributed by atoms with Crippen molar-refractivity contribution in [1.29, 1.82) is 0 Å². The highest BCUT2D eigenvalue weighted by atomic mass is 16.5. The first-order chi connectivity index (χ1) is 14.0. The van der Waals surface area contributed by atoms with Crippen molar-refractivity contribution in [1.82, 2.24) is 15.6 Å². The first-order valence-electron chi connectivity index (χ1n) is 8.52. The summed E-state index contributed by atoms with van der Waals surface area (Å²) < 4.78 is 10.6. The van der Waals surface area contributed by atoms with Crippen LogP contribution >= 0.6 is 0 Å². The molecule has 0 radical (unpaired) electrons. The fourth-order valence-electron chi connectivity index (χ4n) is 2.63. The topological polar surface area (TPSA) is 132 Å². The van der Waals surface area contributed by atoms with Gasteiger partial charge in [-0.25, -0.2) is 5.43 Å². The van der Waals surface area contributed by atoms with Gasteiger partial charge in [0.25, 0.3) is 5.91 Å². The lowest BCUT2D eigenvalue weighted by atomic mass is 10.1. The Morgan fingerprint density at radius 1 is 1.07 bits per heavy atom. The van der Waals surface area contributed by atoms with Crippen LogP contribution in [0.3, 0.4) is 0 Å². The lowest BCUT2D eigenvalue weighted by Crippen LogP contribution is -2.18. The van der Waals surface area contributed by atoms with Crippen molar-refractivity contribution in [3.8, 4) is 22.8 Å². The van der Waals surface area contributed by atoms with Gasteiger partial charge in [0, 0.05) is 22.3 Å². The SMILES string of the molecule is COc1ccc(-c2[nH]ncc2/C=N\NC(=O)c2ccc(C(N)=O)cc2)cc1OC. The summed E-state index contributed by atoms with van der Waals surface area (Å²) in [5.74, 6) is 0.210. The molecule has 0 fully saturated rings. The number of benzene rings is 2. The molecule has 0 bridgehead atoms. The number of carbonyl (C=O) groups is 2. The number of nitrogens with two attached hydrogens (primary N) is 1. The number of H-pyrrole nitrogens is 1. The Hall–Kier alpha value is -4.14.